The first-order valence-corrected chi connectivity index (χ1v) is 11.6. The van der Waals surface area contributed by atoms with Crippen molar-refractivity contribution >= 4 is 58.2 Å². The summed E-state index contributed by atoms with van der Waals surface area (Å²) in [4.78, 5) is 27.7. The summed E-state index contributed by atoms with van der Waals surface area (Å²) in [5.74, 6) is -0.331. The van der Waals surface area contributed by atoms with E-state index in [-0.39, 0.29) is 24.1 Å². The average molecular weight is 520 g/mol. The van der Waals surface area contributed by atoms with E-state index in [9.17, 15) is 9.59 Å². The Morgan fingerprint density at radius 1 is 1.00 bits per heavy atom. The van der Waals surface area contributed by atoms with Gasteiger partial charge < -0.3 is 15.0 Å². The molecule has 0 heterocycles. The zero-order chi connectivity index (χ0) is 24.1. The van der Waals surface area contributed by atoms with Crippen LogP contribution in [0.5, 0.6) is 5.75 Å². The predicted molar refractivity (Wildman–Crippen MR) is 131 cm³/mol. The Kier molecular flexibility index (Phi) is 9.53. The van der Waals surface area contributed by atoms with Crippen LogP contribution in [0, 0.1) is 0 Å². The van der Waals surface area contributed by atoms with Crippen LogP contribution < -0.4 is 10.1 Å². The molecule has 0 aliphatic heterocycles. The Morgan fingerprint density at radius 3 is 2.12 bits per heavy atom. The summed E-state index contributed by atoms with van der Waals surface area (Å²) in [7, 11) is 0. The molecular formula is C23H26Cl4N2O3. The molecule has 2 amide bonds. The number of carbonyl (C=O) groups excluding carboxylic acids is 2. The van der Waals surface area contributed by atoms with Gasteiger partial charge in [0.2, 0.25) is 5.91 Å². The highest BCUT2D eigenvalue weighted by atomic mass is 35.5. The average Bonchev–Trinajstić information content (AvgIpc) is 2.67. The number of halogens is 4. The summed E-state index contributed by atoms with van der Waals surface area (Å²) in [6.07, 6.45) is 0.403. The van der Waals surface area contributed by atoms with E-state index in [0.717, 1.165) is 0 Å². The fraction of sp³-hybridized carbons (Fsp3) is 0.391. The number of carbonyl (C=O) groups is 2. The number of benzene rings is 2. The predicted octanol–water partition coefficient (Wildman–Crippen LogP) is 6.40. The van der Waals surface area contributed by atoms with Crippen molar-refractivity contribution in [3.8, 4) is 5.75 Å². The van der Waals surface area contributed by atoms with Gasteiger partial charge in [0.05, 0.1) is 5.02 Å². The monoisotopic (exact) mass is 518 g/mol. The molecule has 32 heavy (non-hydrogen) atoms. The first kappa shape index (κ1) is 26.6. The van der Waals surface area contributed by atoms with Crippen LogP contribution in [-0.4, -0.2) is 34.9 Å². The van der Waals surface area contributed by atoms with Gasteiger partial charge in [-0.25, -0.2) is 0 Å². The van der Waals surface area contributed by atoms with Crippen molar-refractivity contribution in [3.63, 3.8) is 0 Å². The number of hydrogen-bond donors (Lipinski definition) is 1. The van der Waals surface area contributed by atoms with Gasteiger partial charge >= 0.3 is 0 Å². The van der Waals surface area contributed by atoms with E-state index in [2.05, 4.69) is 5.32 Å². The van der Waals surface area contributed by atoms with Crippen molar-refractivity contribution in [2.45, 2.75) is 52.2 Å². The lowest BCUT2D eigenvalue weighted by Crippen LogP contribution is -2.54. The van der Waals surface area contributed by atoms with Gasteiger partial charge in [-0.1, -0.05) is 59.4 Å². The van der Waals surface area contributed by atoms with Gasteiger partial charge in [-0.2, -0.15) is 0 Å². The smallest absolute Gasteiger partial charge is 0.261 e. The molecule has 0 saturated heterocycles. The SMILES string of the molecule is CCC(C(=O)NC(C)(C)C)N(Cc1ccc(Cl)cc1Cl)C(=O)COc1ccc(Cl)cc1Cl. The van der Waals surface area contributed by atoms with E-state index in [1.165, 1.54) is 11.0 Å². The van der Waals surface area contributed by atoms with E-state index >= 15 is 0 Å². The standard InChI is InChI=1S/C23H26Cl4N2O3/c1-5-19(22(31)28-23(2,3)4)29(12-14-6-7-15(24)10-17(14)26)21(30)13-32-20-9-8-16(25)11-18(20)27/h6-11,19H,5,12-13H2,1-4H3,(H,28,31). The van der Waals surface area contributed by atoms with Gasteiger partial charge in [-0.3, -0.25) is 9.59 Å². The van der Waals surface area contributed by atoms with E-state index in [1.807, 2.05) is 27.7 Å². The highest BCUT2D eigenvalue weighted by Crippen LogP contribution is 2.28. The Labute approximate surface area is 208 Å². The Hall–Kier alpha value is -1.66. The minimum absolute atomic E-state index is 0.114. The minimum Gasteiger partial charge on any atom is -0.482 e. The third kappa shape index (κ3) is 7.73. The third-order valence-corrected chi connectivity index (χ3v) is 5.60. The van der Waals surface area contributed by atoms with Crippen LogP contribution in [0.3, 0.4) is 0 Å². The highest BCUT2D eigenvalue weighted by Gasteiger charge is 2.31. The summed E-state index contributed by atoms with van der Waals surface area (Å²) in [6.45, 7) is 7.28. The molecule has 2 aromatic rings. The van der Waals surface area contributed by atoms with Crippen LogP contribution in [0.25, 0.3) is 0 Å². The number of hydrogen-bond acceptors (Lipinski definition) is 3. The number of ether oxygens (including phenoxy) is 1. The molecule has 0 spiro atoms. The van der Waals surface area contributed by atoms with Gasteiger partial charge in [-0.15, -0.1) is 0 Å². The summed E-state index contributed by atoms with van der Waals surface area (Å²) in [6, 6.07) is 9.02. The van der Waals surface area contributed by atoms with Crippen LogP contribution in [0.15, 0.2) is 36.4 Å². The van der Waals surface area contributed by atoms with Crippen molar-refractivity contribution in [1.82, 2.24) is 10.2 Å². The Bertz CT molecular complexity index is 976. The van der Waals surface area contributed by atoms with Gasteiger partial charge in [-0.05, 0) is 63.1 Å². The Balaban J connectivity index is 2.30. The molecule has 2 aromatic carbocycles. The molecule has 5 nitrogen and oxygen atoms in total. The van der Waals surface area contributed by atoms with Crippen LogP contribution in [0.4, 0.5) is 0 Å². The topological polar surface area (TPSA) is 58.6 Å². The van der Waals surface area contributed by atoms with Gasteiger partial charge in [0, 0.05) is 27.2 Å². The summed E-state index contributed by atoms with van der Waals surface area (Å²) < 4.78 is 5.63. The number of nitrogens with one attached hydrogen (secondary N) is 1. The minimum atomic E-state index is -0.724. The molecule has 1 unspecified atom stereocenters. The molecule has 2 rings (SSSR count). The Morgan fingerprint density at radius 2 is 1.59 bits per heavy atom. The molecule has 1 atom stereocenters. The maximum absolute atomic E-state index is 13.2. The van der Waals surface area contributed by atoms with E-state index in [4.69, 9.17) is 51.1 Å². The van der Waals surface area contributed by atoms with E-state index < -0.39 is 17.5 Å². The second kappa shape index (κ2) is 11.5. The molecule has 0 saturated carbocycles. The maximum Gasteiger partial charge on any atom is 0.261 e. The van der Waals surface area contributed by atoms with Crippen LogP contribution in [-0.2, 0) is 16.1 Å². The zero-order valence-electron chi connectivity index (χ0n) is 18.3. The zero-order valence-corrected chi connectivity index (χ0v) is 21.4. The lowest BCUT2D eigenvalue weighted by molar-refractivity contribution is -0.143. The van der Waals surface area contributed by atoms with Gasteiger partial charge in [0.25, 0.3) is 5.91 Å². The second-order valence-electron chi connectivity index (χ2n) is 8.28. The molecule has 174 valence electrons. The molecule has 0 fully saturated rings. The van der Waals surface area contributed by atoms with Crippen LogP contribution in [0.2, 0.25) is 20.1 Å². The summed E-state index contributed by atoms with van der Waals surface area (Å²) >= 11 is 24.4. The molecule has 9 heteroatoms. The number of rotatable bonds is 8. The first-order chi connectivity index (χ1) is 14.9. The van der Waals surface area contributed by atoms with Gasteiger partial charge in [0.15, 0.2) is 6.61 Å². The van der Waals surface area contributed by atoms with Gasteiger partial charge in [0.1, 0.15) is 11.8 Å². The van der Waals surface area contributed by atoms with Crippen molar-refractivity contribution in [3.05, 3.63) is 62.1 Å². The fourth-order valence-electron chi connectivity index (χ4n) is 3.02. The first-order valence-electron chi connectivity index (χ1n) is 10.0. The molecular weight excluding hydrogens is 494 g/mol. The number of nitrogens with zero attached hydrogens (tertiary/aromatic N) is 1. The van der Waals surface area contributed by atoms with Crippen molar-refractivity contribution in [1.29, 1.82) is 0 Å². The lowest BCUT2D eigenvalue weighted by atomic mass is 10.1. The van der Waals surface area contributed by atoms with Crippen molar-refractivity contribution < 1.29 is 14.3 Å². The molecule has 0 aliphatic rings. The van der Waals surface area contributed by atoms with Crippen LogP contribution >= 0.6 is 46.4 Å². The highest BCUT2D eigenvalue weighted by molar-refractivity contribution is 6.35. The summed E-state index contributed by atoms with van der Waals surface area (Å²) in [5, 5.41) is 4.57. The molecule has 0 aliphatic carbocycles. The lowest BCUT2D eigenvalue weighted by Gasteiger charge is -2.33. The number of amides is 2. The quantitative estimate of drug-likeness (QED) is 0.438. The van der Waals surface area contributed by atoms with Crippen LogP contribution in [0.1, 0.15) is 39.7 Å². The van der Waals surface area contributed by atoms with Crippen molar-refractivity contribution in [2.24, 2.45) is 0 Å². The second-order valence-corrected chi connectivity index (χ2v) is 9.97. The third-order valence-electron chi connectivity index (χ3n) is 4.48. The largest absolute Gasteiger partial charge is 0.482 e. The summed E-state index contributed by atoms with van der Waals surface area (Å²) in [5.41, 5.74) is 0.209. The normalized spacial score (nSPS) is 12.2. The fourth-order valence-corrected chi connectivity index (χ4v) is 3.95. The van der Waals surface area contributed by atoms with Crippen molar-refractivity contribution in [2.75, 3.05) is 6.61 Å². The van der Waals surface area contributed by atoms with E-state index in [0.29, 0.717) is 32.8 Å². The molecule has 0 radical (unpaired) electrons. The molecule has 1 N–H and O–H groups in total. The van der Waals surface area contributed by atoms with E-state index in [1.54, 1.807) is 30.3 Å². The maximum atomic E-state index is 13.2. The molecule has 0 aromatic heterocycles. The molecule has 0 bridgehead atoms.